The molecule has 0 heterocycles. The lowest BCUT2D eigenvalue weighted by molar-refractivity contribution is -0.146. The number of rotatable bonds is 10. The summed E-state index contributed by atoms with van der Waals surface area (Å²) in [7, 11) is 0. The normalized spacial score (nSPS) is 11.9. The monoisotopic (exact) mass is 262 g/mol. The molecule has 0 aliphatic carbocycles. The fourth-order valence-corrected chi connectivity index (χ4v) is 1.06. The molecular weight excluding hydrogens is 240 g/mol. The molecule has 0 aliphatic heterocycles. The number of aliphatic carboxylic acids is 1. The Morgan fingerprint density at radius 2 is 1.89 bits per heavy atom. The minimum atomic E-state index is -1.58. The number of aliphatic hydroxyl groups excluding tert-OH is 1. The zero-order chi connectivity index (χ0) is 13.8. The van der Waals surface area contributed by atoms with E-state index in [1.54, 1.807) is 0 Å². The number of hydrogen-bond acceptors (Lipinski definition) is 4. The minimum Gasteiger partial charge on any atom is -0.479 e. The molecule has 0 spiro atoms. The third-order valence-electron chi connectivity index (χ3n) is 2.13. The van der Waals surface area contributed by atoms with E-state index in [-0.39, 0.29) is 6.54 Å². The lowest BCUT2D eigenvalue weighted by Crippen LogP contribution is -2.42. The highest BCUT2D eigenvalue weighted by atomic mass is 16.5. The Balaban J connectivity index is 3.35. The molecule has 0 aromatic heterocycles. The maximum absolute atomic E-state index is 11.1. The van der Waals surface area contributed by atoms with Crippen LogP contribution < -0.4 is 10.6 Å². The Labute approximate surface area is 107 Å². The lowest BCUT2D eigenvalue weighted by atomic mass is 10.3. The van der Waals surface area contributed by atoms with E-state index in [0.29, 0.717) is 19.6 Å². The van der Waals surface area contributed by atoms with Crippen molar-refractivity contribution < 1.29 is 24.5 Å². The van der Waals surface area contributed by atoms with Gasteiger partial charge in [0, 0.05) is 19.8 Å². The van der Waals surface area contributed by atoms with E-state index < -0.39 is 18.1 Å². The molecule has 0 saturated heterocycles. The fraction of sp³-hybridized carbons (Fsp3) is 0.818. The van der Waals surface area contributed by atoms with Crippen LogP contribution in [-0.4, -0.2) is 54.6 Å². The van der Waals surface area contributed by atoms with E-state index >= 15 is 0 Å². The third kappa shape index (κ3) is 9.86. The summed E-state index contributed by atoms with van der Waals surface area (Å²) in [5.41, 5.74) is 0. The van der Waals surface area contributed by atoms with Gasteiger partial charge in [0.2, 0.25) is 0 Å². The second-order valence-electron chi connectivity index (χ2n) is 3.81. The van der Waals surface area contributed by atoms with Crippen LogP contribution in [0.5, 0.6) is 0 Å². The molecule has 4 N–H and O–H groups in total. The van der Waals surface area contributed by atoms with Gasteiger partial charge in [-0.3, -0.25) is 0 Å². The molecule has 0 aromatic rings. The molecule has 0 rings (SSSR count). The van der Waals surface area contributed by atoms with Gasteiger partial charge in [-0.1, -0.05) is 13.3 Å². The number of aliphatic hydroxyl groups is 1. The number of urea groups is 1. The minimum absolute atomic E-state index is 0.311. The Hall–Kier alpha value is -1.34. The molecule has 1 atom stereocenters. The first-order valence-electron chi connectivity index (χ1n) is 6.08. The van der Waals surface area contributed by atoms with Gasteiger partial charge in [-0.15, -0.1) is 0 Å². The Morgan fingerprint density at radius 3 is 2.50 bits per heavy atom. The van der Waals surface area contributed by atoms with E-state index in [1.807, 2.05) is 0 Å². The van der Waals surface area contributed by atoms with Gasteiger partial charge < -0.3 is 25.6 Å². The molecule has 0 bridgehead atoms. The molecule has 7 heteroatoms. The number of hydrogen-bond donors (Lipinski definition) is 4. The first kappa shape index (κ1) is 16.7. The zero-order valence-electron chi connectivity index (χ0n) is 10.6. The average Bonchev–Trinajstić information content (AvgIpc) is 2.34. The highest BCUT2D eigenvalue weighted by Crippen LogP contribution is 1.89. The largest absolute Gasteiger partial charge is 0.479 e. The van der Waals surface area contributed by atoms with Crippen LogP contribution in [-0.2, 0) is 9.53 Å². The van der Waals surface area contributed by atoms with Crippen molar-refractivity contribution in [2.24, 2.45) is 0 Å². The van der Waals surface area contributed by atoms with Crippen LogP contribution in [0.3, 0.4) is 0 Å². The molecule has 0 fully saturated rings. The third-order valence-corrected chi connectivity index (χ3v) is 2.13. The standard InChI is InChI=1S/C11H22N2O5/c1-2-3-6-18-7-4-5-12-11(17)13-8-9(14)10(15)16/h9,14H,2-8H2,1H3,(H,15,16)(H2,12,13,17). The smallest absolute Gasteiger partial charge is 0.334 e. The summed E-state index contributed by atoms with van der Waals surface area (Å²) in [6.45, 7) is 3.53. The topological polar surface area (TPSA) is 108 Å². The van der Waals surface area contributed by atoms with Gasteiger partial charge in [-0.2, -0.15) is 0 Å². The molecule has 18 heavy (non-hydrogen) atoms. The number of amides is 2. The number of ether oxygens (including phenoxy) is 1. The summed E-state index contributed by atoms with van der Waals surface area (Å²) >= 11 is 0. The summed E-state index contributed by atoms with van der Waals surface area (Å²) < 4.78 is 5.30. The molecule has 106 valence electrons. The van der Waals surface area contributed by atoms with Crippen LogP contribution in [0.4, 0.5) is 4.79 Å². The van der Waals surface area contributed by atoms with E-state index in [9.17, 15) is 9.59 Å². The molecule has 0 aromatic carbocycles. The lowest BCUT2D eigenvalue weighted by Gasteiger charge is -2.09. The number of carboxylic acid groups (broad SMARTS) is 1. The molecule has 0 saturated carbocycles. The van der Waals surface area contributed by atoms with E-state index in [2.05, 4.69) is 17.6 Å². The van der Waals surface area contributed by atoms with Crippen LogP contribution in [0, 0.1) is 0 Å². The van der Waals surface area contributed by atoms with Crippen molar-refractivity contribution in [2.75, 3.05) is 26.3 Å². The van der Waals surface area contributed by atoms with E-state index in [4.69, 9.17) is 14.9 Å². The fourth-order valence-electron chi connectivity index (χ4n) is 1.06. The van der Waals surface area contributed by atoms with Gasteiger partial charge in [0.1, 0.15) is 0 Å². The van der Waals surface area contributed by atoms with Gasteiger partial charge in [0.25, 0.3) is 0 Å². The maximum atomic E-state index is 11.1. The van der Waals surface area contributed by atoms with Crippen LogP contribution in [0.25, 0.3) is 0 Å². The predicted octanol–water partition coefficient (Wildman–Crippen LogP) is -0.0621. The first-order valence-corrected chi connectivity index (χ1v) is 6.08. The second kappa shape index (κ2) is 10.8. The van der Waals surface area contributed by atoms with Crippen LogP contribution >= 0.6 is 0 Å². The van der Waals surface area contributed by atoms with Crippen molar-refractivity contribution in [1.29, 1.82) is 0 Å². The molecule has 0 aliphatic rings. The number of carbonyl (C=O) groups excluding carboxylic acids is 1. The van der Waals surface area contributed by atoms with Gasteiger partial charge in [0.05, 0.1) is 6.54 Å². The van der Waals surface area contributed by atoms with Crippen LogP contribution in [0.1, 0.15) is 26.2 Å². The van der Waals surface area contributed by atoms with Gasteiger partial charge in [-0.25, -0.2) is 9.59 Å². The number of nitrogens with one attached hydrogen (secondary N) is 2. The SMILES string of the molecule is CCCCOCCCNC(=O)NCC(O)C(=O)O. The zero-order valence-corrected chi connectivity index (χ0v) is 10.6. The molecule has 0 radical (unpaired) electrons. The van der Waals surface area contributed by atoms with Crippen LogP contribution in [0.15, 0.2) is 0 Å². The van der Waals surface area contributed by atoms with Gasteiger partial charge in [0.15, 0.2) is 6.10 Å². The molecule has 7 nitrogen and oxygen atoms in total. The molecule has 1 unspecified atom stereocenters. The Kier molecular flexibility index (Phi) is 9.99. The van der Waals surface area contributed by atoms with Gasteiger partial charge >= 0.3 is 12.0 Å². The summed E-state index contributed by atoms with van der Waals surface area (Å²) in [5.74, 6) is -1.36. The van der Waals surface area contributed by atoms with Crippen molar-refractivity contribution in [3.05, 3.63) is 0 Å². The Bertz CT molecular complexity index is 248. The quantitative estimate of drug-likeness (QED) is 0.412. The first-order chi connectivity index (χ1) is 8.57. The van der Waals surface area contributed by atoms with Crippen molar-refractivity contribution in [1.82, 2.24) is 10.6 Å². The van der Waals surface area contributed by atoms with E-state index in [0.717, 1.165) is 19.4 Å². The molecular formula is C11H22N2O5. The van der Waals surface area contributed by atoms with E-state index in [1.165, 1.54) is 0 Å². The summed E-state index contributed by atoms with van der Waals surface area (Å²) in [4.78, 5) is 21.4. The number of unbranched alkanes of at least 4 members (excludes halogenated alkanes) is 1. The summed E-state index contributed by atoms with van der Waals surface area (Å²) in [5, 5.41) is 22.1. The second-order valence-corrected chi connectivity index (χ2v) is 3.81. The summed E-state index contributed by atoms with van der Waals surface area (Å²) in [6, 6.07) is -0.496. The van der Waals surface area contributed by atoms with Crippen molar-refractivity contribution in [3.8, 4) is 0 Å². The highest BCUT2D eigenvalue weighted by Gasteiger charge is 2.13. The molecule has 2 amide bonds. The van der Waals surface area contributed by atoms with Crippen molar-refractivity contribution in [2.45, 2.75) is 32.3 Å². The number of carboxylic acids is 1. The highest BCUT2D eigenvalue weighted by molar-refractivity contribution is 5.76. The maximum Gasteiger partial charge on any atom is 0.334 e. The van der Waals surface area contributed by atoms with Crippen molar-refractivity contribution in [3.63, 3.8) is 0 Å². The van der Waals surface area contributed by atoms with Crippen LogP contribution in [0.2, 0.25) is 0 Å². The van der Waals surface area contributed by atoms with Crippen molar-refractivity contribution >= 4 is 12.0 Å². The van der Waals surface area contributed by atoms with Gasteiger partial charge in [-0.05, 0) is 12.8 Å². The number of carbonyl (C=O) groups is 2. The Morgan fingerprint density at radius 1 is 1.22 bits per heavy atom. The predicted molar refractivity (Wildman–Crippen MR) is 65.4 cm³/mol. The summed E-state index contributed by atoms with van der Waals surface area (Å²) in [6.07, 6.45) is 1.24. The average molecular weight is 262 g/mol.